The molecule has 19 heavy (non-hydrogen) atoms. The smallest absolute Gasteiger partial charge is 0.169 e. The Hall–Kier alpha value is -1.00. The fourth-order valence-corrected chi connectivity index (χ4v) is 2.71. The summed E-state index contributed by atoms with van der Waals surface area (Å²) in [5, 5.41) is 4.91. The molecule has 2 rings (SSSR count). The van der Waals surface area contributed by atoms with Crippen LogP contribution in [0.5, 0.6) is 0 Å². The lowest BCUT2D eigenvalue weighted by atomic mass is 10.2. The van der Waals surface area contributed by atoms with Crippen LogP contribution in [0.4, 0.5) is 5.69 Å². The number of hydrogen-bond donors (Lipinski definition) is 1. The summed E-state index contributed by atoms with van der Waals surface area (Å²) in [6.45, 7) is 8.84. The van der Waals surface area contributed by atoms with Gasteiger partial charge in [0.2, 0.25) is 0 Å². The molecule has 1 aliphatic heterocycles. The Morgan fingerprint density at radius 1 is 1.32 bits per heavy atom. The largest absolute Gasteiger partial charge is 0.368 e. The number of nitrogens with zero attached hydrogens (tertiary/aromatic N) is 2. The standard InChI is InChI=1S/C14H20ClN3S/c1-3-16-14(19)18-8-6-17(7-9-18)12-5-4-11(2)13(15)10-12/h4-5,10H,3,6-9H2,1-2H3,(H,16,19). The van der Waals surface area contributed by atoms with Crippen LogP contribution in [0, 0.1) is 6.92 Å². The van der Waals surface area contributed by atoms with Crippen molar-refractivity contribution in [2.24, 2.45) is 0 Å². The van der Waals surface area contributed by atoms with Crippen LogP contribution in [-0.4, -0.2) is 42.7 Å². The minimum Gasteiger partial charge on any atom is -0.368 e. The number of aryl methyl sites for hydroxylation is 1. The third-order valence-electron chi connectivity index (χ3n) is 3.42. The van der Waals surface area contributed by atoms with E-state index in [0.717, 1.165) is 48.4 Å². The number of hydrogen-bond acceptors (Lipinski definition) is 2. The molecule has 1 saturated heterocycles. The predicted octanol–water partition coefficient (Wildman–Crippen LogP) is 2.66. The first-order valence-corrected chi connectivity index (χ1v) is 7.44. The van der Waals surface area contributed by atoms with Crippen molar-refractivity contribution in [1.82, 2.24) is 10.2 Å². The SMILES string of the molecule is CCNC(=S)N1CCN(c2ccc(C)c(Cl)c2)CC1. The van der Waals surface area contributed by atoms with Gasteiger partial charge in [0.15, 0.2) is 5.11 Å². The van der Waals surface area contributed by atoms with E-state index in [9.17, 15) is 0 Å². The molecule has 1 N–H and O–H groups in total. The van der Waals surface area contributed by atoms with Crippen molar-refractivity contribution in [2.45, 2.75) is 13.8 Å². The number of benzene rings is 1. The van der Waals surface area contributed by atoms with Crippen molar-refractivity contribution in [1.29, 1.82) is 0 Å². The lowest BCUT2D eigenvalue weighted by molar-refractivity contribution is 0.381. The van der Waals surface area contributed by atoms with E-state index in [4.69, 9.17) is 23.8 Å². The summed E-state index contributed by atoms with van der Waals surface area (Å²) in [7, 11) is 0. The Labute approximate surface area is 125 Å². The first-order valence-electron chi connectivity index (χ1n) is 6.65. The van der Waals surface area contributed by atoms with Crippen LogP contribution in [0.15, 0.2) is 18.2 Å². The summed E-state index contributed by atoms with van der Waals surface area (Å²) in [6.07, 6.45) is 0. The molecule has 0 aliphatic carbocycles. The van der Waals surface area contributed by atoms with Gasteiger partial charge in [-0.05, 0) is 43.8 Å². The number of rotatable bonds is 2. The van der Waals surface area contributed by atoms with Crippen LogP contribution in [-0.2, 0) is 0 Å². The van der Waals surface area contributed by atoms with Crippen molar-refractivity contribution in [2.75, 3.05) is 37.6 Å². The Morgan fingerprint density at radius 2 is 2.00 bits per heavy atom. The van der Waals surface area contributed by atoms with E-state index >= 15 is 0 Å². The molecule has 0 saturated carbocycles. The second kappa shape index (κ2) is 6.44. The summed E-state index contributed by atoms with van der Waals surface area (Å²) in [5.41, 5.74) is 2.32. The van der Waals surface area contributed by atoms with Crippen molar-refractivity contribution >= 4 is 34.6 Å². The average molecular weight is 298 g/mol. The molecule has 1 aliphatic rings. The highest BCUT2D eigenvalue weighted by atomic mass is 35.5. The molecule has 1 aromatic carbocycles. The van der Waals surface area contributed by atoms with Gasteiger partial charge < -0.3 is 15.1 Å². The highest BCUT2D eigenvalue weighted by Crippen LogP contribution is 2.24. The van der Waals surface area contributed by atoms with Crippen LogP contribution in [0.25, 0.3) is 0 Å². The predicted molar refractivity (Wildman–Crippen MR) is 86.2 cm³/mol. The summed E-state index contributed by atoms with van der Waals surface area (Å²) in [4.78, 5) is 4.58. The van der Waals surface area contributed by atoms with Gasteiger partial charge in [-0.3, -0.25) is 0 Å². The van der Waals surface area contributed by atoms with Gasteiger partial charge in [-0.25, -0.2) is 0 Å². The third kappa shape index (κ3) is 3.51. The van der Waals surface area contributed by atoms with Crippen LogP contribution in [0.2, 0.25) is 5.02 Å². The molecule has 0 radical (unpaired) electrons. The van der Waals surface area contributed by atoms with Crippen molar-refractivity contribution < 1.29 is 0 Å². The lowest BCUT2D eigenvalue weighted by Gasteiger charge is -2.37. The van der Waals surface area contributed by atoms with Crippen LogP contribution >= 0.6 is 23.8 Å². The molecular formula is C14H20ClN3S. The zero-order valence-electron chi connectivity index (χ0n) is 11.4. The van der Waals surface area contributed by atoms with Crippen molar-refractivity contribution in [3.8, 4) is 0 Å². The maximum absolute atomic E-state index is 6.19. The van der Waals surface area contributed by atoms with E-state index in [2.05, 4.69) is 40.2 Å². The number of nitrogens with one attached hydrogen (secondary N) is 1. The van der Waals surface area contributed by atoms with Gasteiger partial charge in [0.05, 0.1) is 0 Å². The Bertz CT molecular complexity index is 456. The normalized spacial score (nSPS) is 15.5. The zero-order valence-corrected chi connectivity index (χ0v) is 13.0. The highest BCUT2D eigenvalue weighted by Gasteiger charge is 2.19. The molecule has 1 fully saturated rings. The van der Waals surface area contributed by atoms with E-state index < -0.39 is 0 Å². The van der Waals surface area contributed by atoms with E-state index in [-0.39, 0.29) is 0 Å². The Morgan fingerprint density at radius 3 is 2.58 bits per heavy atom. The molecule has 0 unspecified atom stereocenters. The molecule has 0 spiro atoms. The fourth-order valence-electron chi connectivity index (χ4n) is 2.21. The van der Waals surface area contributed by atoms with E-state index in [1.54, 1.807) is 0 Å². The first-order chi connectivity index (χ1) is 9.11. The Kier molecular flexibility index (Phi) is 4.88. The quantitative estimate of drug-likeness (QED) is 0.846. The van der Waals surface area contributed by atoms with Gasteiger partial charge in [0, 0.05) is 43.4 Å². The fraction of sp³-hybridized carbons (Fsp3) is 0.500. The molecular weight excluding hydrogens is 278 g/mol. The average Bonchev–Trinajstić information content (AvgIpc) is 2.42. The minimum atomic E-state index is 0.836. The summed E-state index contributed by atoms with van der Waals surface area (Å²) < 4.78 is 0. The maximum atomic E-state index is 6.19. The molecule has 3 nitrogen and oxygen atoms in total. The van der Waals surface area contributed by atoms with Crippen LogP contribution in [0.1, 0.15) is 12.5 Å². The maximum Gasteiger partial charge on any atom is 0.169 e. The number of thiocarbonyl (C=S) groups is 1. The number of halogens is 1. The van der Waals surface area contributed by atoms with Crippen LogP contribution < -0.4 is 10.2 Å². The lowest BCUT2D eigenvalue weighted by Crippen LogP contribution is -2.51. The highest BCUT2D eigenvalue weighted by molar-refractivity contribution is 7.80. The number of piperazine rings is 1. The van der Waals surface area contributed by atoms with Gasteiger partial charge in [-0.2, -0.15) is 0 Å². The van der Waals surface area contributed by atoms with Crippen LogP contribution in [0.3, 0.4) is 0 Å². The second-order valence-corrected chi connectivity index (χ2v) is 5.54. The monoisotopic (exact) mass is 297 g/mol. The van der Waals surface area contributed by atoms with Gasteiger partial charge in [-0.1, -0.05) is 17.7 Å². The van der Waals surface area contributed by atoms with Gasteiger partial charge in [0.25, 0.3) is 0 Å². The number of anilines is 1. The molecule has 0 aromatic heterocycles. The topological polar surface area (TPSA) is 18.5 Å². The summed E-state index contributed by atoms with van der Waals surface area (Å²) >= 11 is 11.5. The van der Waals surface area contributed by atoms with Crippen molar-refractivity contribution in [3.05, 3.63) is 28.8 Å². The molecule has 0 bridgehead atoms. The van der Waals surface area contributed by atoms with Crippen molar-refractivity contribution in [3.63, 3.8) is 0 Å². The summed E-state index contributed by atoms with van der Waals surface area (Å²) in [5.74, 6) is 0. The third-order valence-corrected chi connectivity index (χ3v) is 4.23. The molecule has 0 atom stereocenters. The molecule has 0 amide bonds. The van der Waals surface area contributed by atoms with Gasteiger partial charge in [-0.15, -0.1) is 0 Å². The first kappa shape index (κ1) is 14.4. The van der Waals surface area contributed by atoms with Gasteiger partial charge >= 0.3 is 0 Å². The second-order valence-electron chi connectivity index (χ2n) is 4.74. The molecule has 1 heterocycles. The molecule has 1 aromatic rings. The summed E-state index contributed by atoms with van der Waals surface area (Å²) in [6, 6.07) is 6.27. The Balaban J connectivity index is 1.96. The molecule has 104 valence electrons. The van der Waals surface area contributed by atoms with E-state index in [1.807, 2.05) is 6.92 Å². The van der Waals surface area contributed by atoms with E-state index in [0.29, 0.717) is 0 Å². The minimum absolute atomic E-state index is 0.836. The van der Waals surface area contributed by atoms with E-state index in [1.165, 1.54) is 5.69 Å². The molecule has 5 heteroatoms. The van der Waals surface area contributed by atoms with Gasteiger partial charge in [0.1, 0.15) is 0 Å². The zero-order chi connectivity index (χ0) is 13.8.